The fraction of sp³-hybridized carbons (Fsp3) is 0.375. The predicted molar refractivity (Wildman–Crippen MR) is 196 cm³/mol. The summed E-state index contributed by atoms with van der Waals surface area (Å²) in [5, 5.41) is 23.7. The highest BCUT2D eigenvalue weighted by atomic mass is 16.8. The molecule has 4 aromatic carbocycles. The van der Waals surface area contributed by atoms with Gasteiger partial charge in [-0.05, 0) is 73.2 Å². The van der Waals surface area contributed by atoms with Crippen molar-refractivity contribution in [1.29, 1.82) is 0 Å². The zero-order chi connectivity index (χ0) is 38.3. The van der Waals surface area contributed by atoms with Gasteiger partial charge in [-0.25, -0.2) is 4.79 Å². The van der Waals surface area contributed by atoms with E-state index in [-0.39, 0.29) is 30.5 Å². The summed E-state index contributed by atoms with van der Waals surface area (Å²) in [6.07, 6.45) is -0.718. The number of fused-ring (bicyclic) bond motifs is 3. The number of amides is 2. The number of ether oxygens (including phenoxy) is 6. The largest absolute Gasteiger partial charge is 0.486 e. The monoisotopic (exact) mass is 752 g/mol. The highest BCUT2D eigenvalue weighted by Gasteiger charge is 2.55. The molecule has 4 atom stereocenters. The zero-order valence-electron chi connectivity index (χ0n) is 30.3. The highest BCUT2D eigenvalue weighted by Crippen LogP contribution is 2.42. The van der Waals surface area contributed by atoms with Crippen molar-refractivity contribution in [3.63, 3.8) is 0 Å². The summed E-state index contributed by atoms with van der Waals surface area (Å²) in [5.41, 5.74) is 2.59. The fourth-order valence-electron chi connectivity index (χ4n) is 7.88. The van der Waals surface area contributed by atoms with E-state index < -0.39 is 39.9 Å². The molecule has 2 amide bonds. The SMILES string of the molecule is CC1(C)O[C@@H]2[C@@H](O1)[C@@H](Cc1ccc3c(c1)OCCO3)N(Cc1cccc([N+](=O)[O-])c1)C(=O)N(Cc1cccc([N+](=O)[O-])c1)[C@@H]2Cc1ccc2c(c1)OCCO2. The fourth-order valence-corrected chi connectivity index (χ4v) is 7.88. The van der Waals surface area contributed by atoms with E-state index in [0.717, 1.165) is 11.1 Å². The Bertz CT molecular complexity index is 1980. The molecule has 0 aromatic heterocycles. The number of non-ortho nitro benzene ring substituents is 2. The van der Waals surface area contributed by atoms with Gasteiger partial charge in [-0.1, -0.05) is 36.4 Å². The second-order valence-corrected chi connectivity index (χ2v) is 14.5. The number of rotatable bonds is 10. The van der Waals surface area contributed by atoms with Crippen molar-refractivity contribution in [2.24, 2.45) is 0 Å². The average molecular weight is 753 g/mol. The molecular formula is C40H40N4O11. The third-order valence-electron chi connectivity index (χ3n) is 10.3. The topological polar surface area (TPSA) is 165 Å². The van der Waals surface area contributed by atoms with Crippen LogP contribution in [0.2, 0.25) is 0 Å². The molecule has 2 saturated heterocycles. The Kier molecular flexibility index (Phi) is 9.65. The van der Waals surface area contributed by atoms with Crippen LogP contribution in [-0.4, -0.2) is 82.2 Å². The molecule has 2 fully saturated rings. The molecule has 15 heteroatoms. The van der Waals surface area contributed by atoms with Crippen LogP contribution in [0.4, 0.5) is 16.2 Å². The van der Waals surface area contributed by atoms with E-state index in [0.29, 0.717) is 73.4 Å². The van der Waals surface area contributed by atoms with Gasteiger partial charge in [0.25, 0.3) is 11.4 Å². The van der Waals surface area contributed by atoms with Crippen molar-refractivity contribution in [2.75, 3.05) is 26.4 Å². The minimum Gasteiger partial charge on any atom is -0.486 e. The Hall–Kier alpha value is -5.93. The number of nitrogens with zero attached hydrogens (tertiary/aromatic N) is 4. The number of nitro benzene ring substituents is 2. The third kappa shape index (κ3) is 7.57. The van der Waals surface area contributed by atoms with Gasteiger partial charge in [0.2, 0.25) is 0 Å². The normalized spacial score (nSPS) is 22.5. The Labute approximate surface area is 316 Å². The van der Waals surface area contributed by atoms with Crippen molar-refractivity contribution in [1.82, 2.24) is 9.80 Å². The summed E-state index contributed by atoms with van der Waals surface area (Å²) >= 11 is 0. The van der Waals surface area contributed by atoms with E-state index >= 15 is 4.79 Å². The molecule has 4 aromatic rings. The third-order valence-corrected chi connectivity index (χ3v) is 10.3. The van der Waals surface area contributed by atoms with Crippen LogP contribution in [0.1, 0.15) is 36.1 Å². The molecule has 0 radical (unpaired) electrons. The molecule has 15 nitrogen and oxygen atoms in total. The maximum Gasteiger partial charge on any atom is 0.321 e. The van der Waals surface area contributed by atoms with Crippen LogP contribution in [0.3, 0.4) is 0 Å². The highest BCUT2D eigenvalue weighted by molar-refractivity contribution is 5.76. The molecule has 0 aliphatic carbocycles. The van der Waals surface area contributed by atoms with Gasteiger partial charge in [-0.3, -0.25) is 20.2 Å². The molecular weight excluding hydrogens is 712 g/mol. The standard InChI is InChI=1S/C40H40N4O11/c1-40(2)54-37-31(19-25-9-11-33-35(21-25)52-15-13-50-33)41(23-27-5-3-7-29(17-27)43(46)47)39(45)42(24-28-6-4-8-30(18-28)44(48)49)32(38(37)55-40)20-26-10-12-34-36(22-26)53-16-14-51-34/h3-12,17-18,21-22,31-32,37-38H,13-16,19-20,23-24H2,1-2H3/t31-,32-,37+,38+/m1/s1. The van der Waals surface area contributed by atoms with Crippen LogP contribution in [0.25, 0.3) is 0 Å². The van der Waals surface area contributed by atoms with E-state index in [1.165, 1.54) is 24.3 Å². The van der Waals surface area contributed by atoms with Crippen LogP contribution in [-0.2, 0) is 35.4 Å². The number of urea groups is 1. The number of benzene rings is 4. The lowest BCUT2D eigenvalue weighted by atomic mass is 9.90. The maximum atomic E-state index is 15.4. The summed E-state index contributed by atoms with van der Waals surface area (Å²) < 4.78 is 36.9. The summed E-state index contributed by atoms with van der Waals surface area (Å²) in [6.45, 7) is 5.37. The van der Waals surface area contributed by atoms with E-state index in [2.05, 4.69) is 0 Å². The Morgan fingerprint density at radius 1 is 0.600 bits per heavy atom. The molecule has 0 saturated carbocycles. The van der Waals surface area contributed by atoms with Crippen LogP contribution in [0, 0.1) is 20.2 Å². The molecule has 4 heterocycles. The van der Waals surface area contributed by atoms with E-state index in [1.54, 1.807) is 34.1 Å². The van der Waals surface area contributed by atoms with Crippen molar-refractivity contribution in [3.8, 4) is 23.0 Å². The number of hydrogen-bond acceptors (Lipinski definition) is 11. The lowest BCUT2D eigenvalue weighted by Gasteiger charge is -2.37. The van der Waals surface area contributed by atoms with Crippen molar-refractivity contribution in [3.05, 3.63) is 127 Å². The van der Waals surface area contributed by atoms with Crippen molar-refractivity contribution >= 4 is 17.4 Å². The van der Waals surface area contributed by atoms with Crippen LogP contribution in [0.5, 0.6) is 23.0 Å². The smallest absolute Gasteiger partial charge is 0.321 e. The first kappa shape index (κ1) is 36.1. The first-order valence-electron chi connectivity index (χ1n) is 18.2. The molecule has 0 unspecified atom stereocenters. The molecule has 8 rings (SSSR count). The van der Waals surface area contributed by atoms with Crippen LogP contribution in [0.15, 0.2) is 84.9 Å². The van der Waals surface area contributed by atoms with E-state index in [4.69, 9.17) is 28.4 Å². The summed E-state index contributed by atoms with van der Waals surface area (Å²) in [4.78, 5) is 41.6. The van der Waals surface area contributed by atoms with Gasteiger partial charge in [-0.2, -0.15) is 0 Å². The molecule has 4 aliphatic rings. The quantitative estimate of drug-likeness (QED) is 0.133. The number of hydrogen-bond donors (Lipinski definition) is 0. The summed E-state index contributed by atoms with van der Waals surface area (Å²) in [7, 11) is 0. The zero-order valence-corrected chi connectivity index (χ0v) is 30.3. The lowest BCUT2D eigenvalue weighted by molar-refractivity contribution is -0.385. The Balaban J connectivity index is 1.26. The van der Waals surface area contributed by atoms with E-state index in [1.807, 2.05) is 50.2 Å². The number of nitro groups is 2. The molecule has 0 N–H and O–H groups in total. The lowest BCUT2D eigenvalue weighted by Crippen LogP contribution is -2.51. The van der Waals surface area contributed by atoms with Crippen LogP contribution < -0.4 is 18.9 Å². The Morgan fingerprint density at radius 3 is 1.44 bits per heavy atom. The minimum atomic E-state index is -1.06. The molecule has 0 bridgehead atoms. The maximum absolute atomic E-state index is 15.4. The molecule has 286 valence electrons. The Morgan fingerprint density at radius 2 is 1.02 bits per heavy atom. The minimum absolute atomic E-state index is 0.00488. The molecule has 55 heavy (non-hydrogen) atoms. The van der Waals surface area contributed by atoms with Gasteiger partial charge in [-0.15, -0.1) is 0 Å². The van der Waals surface area contributed by atoms with Gasteiger partial charge in [0.15, 0.2) is 28.8 Å². The van der Waals surface area contributed by atoms with Gasteiger partial charge >= 0.3 is 6.03 Å². The summed E-state index contributed by atoms with van der Waals surface area (Å²) in [5.74, 6) is 1.39. The van der Waals surface area contributed by atoms with Gasteiger partial charge in [0.05, 0.1) is 21.9 Å². The summed E-state index contributed by atoms with van der Waals surface area (Å²) in [6, 6.07) is 22.1. The second-order valence-electron chi connectivity index (χ2n) is 14.5. The van der Waals surface area contributed by atoms with Crippen molar-refractivity contribution in [2.45, 2.75) is 69.9 Å². The van der Waals surface area contributed by atoms with E-state index in [9.17, 15) is 20.2 Å². The average Bonchev–Trinajstić information content (AvgIpc) is 3.48. The van der Waals surface area contributed by atoms with Gasteiger partial charge < -0.3 is 38.2 Å². The first-order chi connectivity index (χ1) is 26.5. The molecule has 4 aliphatic heterocycles. The predicted octanol–water partition coefficient (Wildman–Crippen LogP) is 6.23. The van der Waals surface area contributed by atoms with Gasteiger partial charge in [0, 0.05) is 37.4 Å². The molecule has 0 spiro atoms. The first-order valence-corrected chi connectivity index (χ1v) is 18.2. The van der Waals surface area contributed by atoms with Crippen LogP contribution >= 0.6 is 0 Å². The number of carbonyl (C=O) groups excluding carboxylic acids is 1. The van der Waals surface area contributed by atoms with Crippen molar-refractivity contribution < 1.29 is 43.1 Å². The number of carbonyl (C=O) groups is 1. The second kappa shape index (κ2) is 14.7. The van der Waals surface area contributed by atoms with Gasteiger partial charge in [0.1, 0.15) is 38.6 Å².